The first-order valence-corrected chi connectivity index (χ1v) is 7.57. The topological polar surface area (TPSA) is 72.9 Å². The van der Waals surface area contributed by atoms with Crippen LogP contribution in [0.3, 0.4) is 0 Å². The lowest BCUT2D eigenvalue weighted by molar-refractivity contribution is -0.121. The molecule has 1 aromatic carbocycles. The average molecular weight is 323 g/mol. The van der Waals surface area contributed by atoms with E-state index in [-0.39, 0.29) is 18.3 Å². The number of benzene rings is 1. The van der Waals surface area contributed by atoms with Crippen LogP contribution in [-0.4, -0.2) is 21.2 Å². The van der Waals surface area contributed by atoms with E-state index in [0.29, 0.717) is 6.04 Å². The number of amides is 1. The average Bonchev–Trinajstić information content (AvgIpc) is 3.05. The molecule has 1 saturated carbocycles. The van der Waals surface area contributed by atoms with Crippen molar-refractivity contribution < 1.29 is 4.79 Å². The second-order valence-electron chi connectivity index (χ2n) is 6.29. The number of carbonyl (C=O) groups is 1. The van der Waals surface area contributed by atoms with E-state index >= 15 is 0 Å². The predicted molar refractivity (Wildman–Crippen MR) is 91.4 cm³/mol. The molecule has 0 spiro atoms. The standard InChI is InChI=1S/C16H22N4O.ClH/c1-11(2)20-10-12-9-13(5-6-14(12)19-20)18-15(21)16(17)7-3-4-8-16;/h5-6,9-11H,3-4,7-8,17H2,1-2H3,(H,18,21);1H. The number of nitrogens with one attached hydrogen (secondary N) is 1. The number of nitrogens with two attached hydrogens (primary N) is 1. The molecule has 6 heteroatoms. The van der Waals surface area contributed by atoms with Gasteiger partial charge in [-0.15, -0.1) is 12.4 Å². The molecule has 0 aliphatic heterocycles. The number of carbonyl (C=O) groups excluding carboxylic acids is 1. The summed E-state index contributed by atoms with van der Waals surface area (Å²) in [4.78, 5) is 12.3. The third kappa shape index (κ3) is 3.10. The van der Waals surface area contributed by atoms with Crippen molar-refractivity contribution in [2.45, 2.75) is 51.1 Å². The highest BCUT2D eigenvalue weighted by Gasteiger charge is 2.36. The maximum atomic E-state index is 12.3. The van der Waals surface area contributed by atoms with Gasteiger partial charge in [0.1, 0.15) is 0 Å². The Labute approximate surface area is 136 Å². The van der Waals surface area contributed by atoms with E-state index in [1.807, 2.05) is 29.1 Å². The molecule has 0 radical (unpaired) electrons. The first-order valence-electron chi connectivity index (χ1n) is 7.57. The molecular formula is C16H23ClN4O. The molecule has 120 valence electrons. The second kappa shape index (κ2) is 6.26. The summed E-state index contributed by atoms with van der Waals surface area (Å²) < 4.78 is 1.93. The number of hydrogen-bond donors (Lipinski definition) is 2. The molecule has 3 rings (SSSR count). The van der Waals surface area contributed by atoms with E-state index in [9.17, 15) is 4.79 Å². The van der Waals surface area contributed by atoms with Crippen molar-refractivity contribution in [2.24, 2.45) is 5.73 Å². The molecule has 0 atom stereocenters. The van der Waals surface area contributed by atoms with E-state index in [1.54, 1.807) is 0 Å². The van der Waals surface area contributed by atoms with Gasteiger partial charge in [0, 0.05) is 23.3 Å². The minimum Gasteiger partial charge on any atom is -0.324 e. The Morgan fingerprint density at radius 2 is 2.05 bits per heavy atom. The Kier molecular flexibility index (Phi) is 4.78. The third-order valence-corrected chi connectivity index (χ3v) is 4.26. The molecule has 22 heavy (non-hydrogen) atoms. The number of halogens is 1. The molecule has 1 aliphatic rings. The van der Waals surface area contributed by atoms with Crippen LogP contribution in [0.4, 0.5) is 5.69 Å². The van der Waals surface area contributed by atoms with Gasteiger partial charge in [-0.2, -0.15) is 5.10 Å². The lowest BCUT2D eigenvalue weighted by atomic mass is 9.98. The highest BCUT2D eigenvalue weighted by molar-refractivity contribution is 5.99. The normalized spacial score (nSPS) is 16.7. The van der Waals surface area contributed by atoms with Crippen LogP contribution in [0.15, 0.2) is 24.4 Å². The van der Waals surface area contributed by atoms with Gasteiger partial charge in [0.25, 0.3) is 0 Å². The van der Waals surface area contributed by atoms with Gasteiger partial charge in [-0.25, -0.2) is 0 Å². The molecule has 0 bridgehead atoms. The van der Waals surface area contributed by atoms with Crippen molar-refractivity contribution in [3.8, 4) is 0 Å². The van der Waals surface area contributed by atoms with Crippen LogP contribution in [0.5, 0.6) is 0 Å². The zero-order valence-electron chi connectivity index (χ0n) is 13.0. The summed E-state index contributed by atoms with van der Waals surface area (Å²) in [5, 5.41) is 8.48. The van der Waals surface area contributed by atoms with E-state index in [4.69, 9.17) is 5.73 Å². The molecule has 0 unspecified atom stereocenters. The highest BCUT2D eigenvalue weighted by Crippen LogP contribution is 2.29. The van der Waals surface area contributed by atoms with Gasteiger partial charge in [0.05, 0.1) is 11.1 Å². The molecular weight excluding hydrogens is 300 g/mol. The summed E-state index contributed by atoms with van der Waals surface area (Å²) in [5.41, 5.74) is 7.20. The van der Waals surface area contributed by atoms with Gasteiger partial charge in [-0.05, 0) is 44.9 Å². The summed E-state index contributed by atoms with van der Waals surface area (Å²) in [6, 6.07) is 6.09. The number of anilines is 1. The summed E-state index contributed by atoms with van der Waals surface area (Å²) in [7, 11) is 0. The minimum atomic E-state index is -0.697. The summed E-state index contributed by atoms with van der Waals surface area (Å²) in [6.07, 6.45) is 5.61. The van der Waals surface area contributed by atoms with Crippen molar-refractivity contribution in [1.29, 1.82) is 0 Å². The summed E-state index contributed by atoms with van der Waals surface area (Å²) >= 11 is 0. The Morgan fingerprint density at radius 1 is 1.36 bits per heavy atom. The first kappa shape index (κ1) is 16.8. The Morgan fingerprint density at radius 3 is 2.68 bits per heavy atom. The number of rotatable bonds is 3. The molecule has 2 aromatic rings. The number of aromatic nitrogens is 2. The Bertz CT molecular complexity index is 674. The van der Waals surface area contributed by atoms with Crippen molar-refractivity contribution in [1.82, 2.24) is 9.78 Å². The zero-order valence-corrected chi connectivity index (χ0v) is 13.8. The summed E-state index contributed by atoms with van der Waals surface area (Å²) in [6.45, 7) is 4.18. The first-order chi connectivity index (χ1) is 9.98. The molecule has 1 aliphatic carbocycles. The molecule has 1 fully saturated rings. The van der Waals surface area contributed by atoms with Gasteiger partial charge in [-0.3, -0.25) is 9.48 Å². The zero-order chi connectivity index (χ0) is 15.0. The number of nitrogens with zero attached hydrogens (tertiary/aromatic N) is 2. The van der Waals surface area contributed by atoms with Crippen LogP contribution < -0.4 is 11.1 Å². The van der Waals surface area contributed by atoms with E-state index in [1.165, 1.54) is 0 Å². The van der Waals surface area contributed by atoms with Gasteiger partial charge < -0.3 is 11.1 Å². The summed E-state index contributed by atoms with van der Waals surface area (Å²) in [5.74, 6) is -0.0735. The van der Waals surface area contributed by atoms with Crippen molar-refractivity contribution in [3.05, 3.63) is 24.4 Å². The number of fused-ring (bicyclic) bond motifs is 1. The minimum absolute atomic E-state index is 0. The second-order valence-corrected chi connectivity index (χ2v) is 6.29. The predicted octanol–water partition coefficient (Wildman–Crippen LogP) is 3.25. The van der Waals surface area contributed by atoms with E-state index in [0.717, 1.165) is 42.3 Å². The van der Waals surface area contributed by atoms with Crippen LogP contribution in [0.2, 0.25) is 0 Å². The Balaban J connectivity index is 0.00000176. The maximum absolute atomic E-state index is 12.3. The van der Waals surface area contributed by atoms with Crippen molar-refractivity contribution >= 4 is 34.9 Å². The largest absolute Gasteiger partial charge is 0.324 e. The van der Waals surface area contributed by atoms with Crippen molar-refractivity contribution in [3.63, 3.8) is 0 Å². The maximum Gasteiger partial charge on any atom is 0.244 e. The highest BCUT2D eigenvalue weighted by atomic mass is 35.5. The fourth-order valence-corrected chi connectivity index (χ4v) is 2.88. The van der Waals surface area contributed by atoms with Crippen molar-refractivity contribution in [2.75, 3.05) is 5.32 Å². The van der Waals surface area contributed by atoms with Crippen LogP contribution in [0.1, 0.15) is 45.6 Å². The van der Waals surface area contributed by atoms with E-state index in [2.05, 4.69) is 24.3 Å². The van der Waals surface area contributed by atoms with Crippen LogP contribution in [0, 0.1) is 0 Å². The van der Waals surface area contributed by atoms with Crippen LogP contribution in [0.25, 0.3) is 10.9 Å². The third-order valence-electron chi connectivity index (χ3n) is 4.26. The molecule has 5 nitrogen and oxygen atoms in total. The molecule has 1 aromatic heterocycles. The van der Waals surface area contributed by atoms with Gasteiger partial charge in [0.15, 0.2) is 0 Å². The lowest BCUT2D eigenvalue weighted by Crippen LogP contribution is -2.48. The fourth-order valence-electron chi connectivity index (χ4n) is 2.88. The van der Waals surface area contributed by atoms with Crippen LogP contribution in [-0.2, 0) is 4.79 Å². The monoisotopic (exact) mass is 322 g/mol. The number of hydrogen-bond acceptors (Lipinski definition) is 3. The molecule has 1 amide bonds. The van der Waals surface area contributed by atoms with Gasteiger partial charge >= 0.3 is 0 Å². The molecule has 1 heterocycles. The fraction of sp³-hybridized carbons (Fsp3) is 0.500. The van der Waals surface area contributed by atoms with Gasteiger partial charge in [-0.1, -0.05) is 12.8 Å². The molecule has 0 saturated heterocycles. The quantitative estimate of drug-likeness (QED) is 0.911. The Hall–Kier alpha value is -1.59. The van der Waals surface area contributed by atoms with Gasteiger partial charge in [0.2, 0.25) is 5.91 Å². The smallest absolute Gasteiger partial charge is 0.244 e. The lowest BCUT2D eigenvalue weighted by Gasteiger charge is -2.22. The SMILES string of the molecule is CC(C)n1cc2cc(NC(=O)C3(N)CCCC3)ccc2n1.Cl. The molecule has 3 N–H and O–H groups in total. The van der Waals surface area contributed by atoms with Crippen LogP contribution >= 0.6 is 12.4 Å². The van der Waals surface area contributed by atoms with E-state index < -0.39 is 5.54 Å².